The number of hydrogen-bond acceptors (Lipinski definition) is 5. The van der Waals surface area contributed by atoms with E-state index in [0.717, 1.165) is 16.9 Å². The van der Waals surface area contributed by atoms with Crippen molar-refractivity contribution in [1.29, 1.82) is 0 Å². The van der Waals surface area contributed by atoms with Gasteiger partial charge in [0.2, 0.25) is 0 Å². The van der Waals surface area contributed by atoms with Crippen molar-refractivity contribution in [3.05, 3.63) is 59.4 Å². The van der Waals surface area contributed by atoms with Gasteiger partial charge in [0.05, 0.1) is 23.5 Å². The van der Waals surface area contributed by atoms with Crippen LogP contribution in [0.15, 0.2) is 52.9 Å². The molecule has 0 radical (unpaired) electrons. The Balaban J connectivity index is 1.86. The molecule has 2 aromatic rings. The molecule has 3 rings (SSSR count). The van der Waals surface area contributed by atoms with Crippen LogP contribution in [0.25, 0.3) is 0 Å². The van der Waals surface area contributed by atoms with Gasteiger partial charge in [0.15, 0.2) is 0 Å². The van der Waals surface area contributed by atoms with Crippen LogP contribution in [0.2, 0.25) is 0 Å². The summed E-state index contributed by atoms with van der Waals surface area (Å²) in [5, 5.41) is 19.2. The SMILES string of the molecule is Cc1ccc(C(=O)O)cc1N1CC(c2ccccn2)N=N1. The Morgan fingerprint density at radius 2 is 2.19 bits per heavy atom. The second-order valence-electron chi connectivity index (χ2n) is 4.86. The van der Waals surface area contributed by atoms with Gasteiger partial charge in [-0.2, -0.15) is 5.11 Å². The predicted molar refractivity (Wildman–Crippen MR) is 77.3 cm³/mol. The van der Waals surface area contributed by atoms with Crippen molar-refractivity contribution in [3.63, 3.8) is 0 Å². The summed E-state index contributed by atoms with van der Waals surface area (Å²) in [6, 6.07) is 10.5. The fourth-order valence-corrected chi connectivity index (χ4v) is 2.25. The molecule has 0 amide bonds. The molecule has 1 N–H and O–H groups in total. The van der Waals surface area contributed by atoms with Gasteiger partial charge in [0, 0.05) is 6.20 Å². The fourth-order valence-electron chi connectivity index (χ4n) is 2.25. The number of carboxylic acid groups (broad SMARTS) is 1. The molecule has 2 heterocycles. The number of rotatable bonds is 3. The van der Waals surface area contributed by atoms with E-state index in [1.807, 2.05) is 25.1 Å². The normalized spacial score (nSPS) is 17.2. The lowest BCUT2D eigenvalue weighted by atomic mass is 10.1. The first-order chi connectivity index (χ1) is 10.1. The van der Waals surface area contributed by atoms with E-state index in [4.69, 9.17) is 5.11 Å². The molecule has 1 aromatic carbocycles. The quantitative estimate of drug-likeness (QED) is 0.938. The first-order valence-electron chi connectivity index (χ1n) is 6.58. The van der Waals surface area contributed by atoms with Gasteiger partial charge in [-0.15, -0.1) is 0 Å². The minimum Gasteiger partial charge on any atom is -0.478 e. The molecule has 1 aliphatic heterocycles. The monoisotopic (exact) mass is 282 g/mol. The topological polar surface area (TPSA) is 78.1 Å². The molecule has 6 nitrogen and oxygen atoms in total. The summed E-state index contributed by atoms with van der Waals surface area (Å²) >= 11 is 0. The third-order valence-corrected chi connectivity index (χ3v) is 3.41. The summed E-state index contributed by atoms with van der Waals surface area (Å²) in [6.07, 6.45) is 1.73. The minimum atomic E-state index is -0.950. The number of nitrogens with zero attached hydrogens (tertiary/aromatic N) is 4. The number of pyridine rings is 1. The van der Waals surface area contributed by atoms with Crippen molar-refractivity contribution >= 4 is 11.7 Å². The Morgan fingerprint density at radius 3 is 2.90 bits per heavy atom. The van der Waals surface area contributed by atoms with Crippen molar-refractivity contribution in [2.45, 2.75) is 13.0 Å². The number of aryl methyl sites for hydroxylation is 1. The smallest absolute Gasteiger partial charge is 0.335 e. The Bertz CT molecular complexity index is 700. The Labute approximate surface area is 121 Å². The van der Waals surface area contributed by atoms with Gasteiger partial charge in [0.25, 0.3) is 0 Å². The summed E-state index contributed by atoms with van der Waals surface area (Å²) in [6.45, 7) is 2.48. The Morgan fingerprint density at radius 1 is 1.33 bits per heavy atom. The van der Waals surface area contributed by atoms with E-state index < -0.39 is 5.97 Å². The molecule has 0 saturated heterocycles. The summed E-state index contributed by atoms with van der Waals surface area (Å²) in [7, 11) is 0. The number of benzene rings is 1. The van der Waals surface area contributed by atoms with Gasteiger partial charge in [0.1, 0.15) is 6.04 Å². The van der Waals surface area contributed by atoms with E-state index >= 15 is 0 Å². The molecule has 106 valence electrons. The predicted octanol–water partition coefficient (Wildman–Crippen LogP) is 3.02. The van der Waals surface area contributed by atoms with Crippen LogP contribution in [0, 0.1) is 6.92 Å². The van der Waals surface area contributed by atoms with Crippen LogP contribution in [0.5, 0.6) is 0 Å². The largest absolute Gasteiger partial charge is 0.478 e. The van der Waals surface area contributed by atoms with Gasteiger partial charge >= 0.3 is 5.97 Å². The van der Waals surface area contributed by atoms with Gasteiger partial charge in [-0.05, 0) is 36.8 Å². The van der Waals surface area contributed by atoms with Crippen molar-refractivity contribution in [2.75, 3.05) is 11.6 Å². The zero-order chi connectivity index (χ0) is 14.8. The van der Waals surface area contributed by atoms with Crippen LogP contribution in [-0.4, -0.2) is 22.6 Å². The van der Waals surface area contributed by atoms with E-state index in [-0.39, 0.29) is 11.6 Å². The fraction of sp³-hybridized carbons (Fsp3) is 0.200. The van der Waals surface area contributed by atoms with Crippen LogP contribution in [0.4, 0.5) is 5.69 Å². The zero-order valence-electron chi connectivity index (χ0n) is 11.5. The molecule has 0 aliphatic carbocycles. The highest BCUT2D eigenvalue weighted by molar-refractivity contribution is 5.89. The van der Waals surface area contributed by atoms with Crippen molar-refractivity contribution < 1.29 is 9.90 Å². The van der Waals surface area contributed by atoms with Gasteiger partial charge in [-0.25, -0.2) is 9.80 Å². The average molecular weight is 282 g/mol. The summed E-state index contributed by atoms with van der Waals surface area (Å²) in [5.74, 6) is -0.950. The van der Waals surface area contributed by atoms with E-state index in [9.17, 15) is 4.79 Å². The zero-order valence-corrected chi connectivity index (χ0v) is 11.5. The summed E-state index contributed by atoms with van der Waals surface area (Å²) < 4.78 is 0. The number of aromatic nitrogens is 1. The van der Waals surface area contributed by atoms with E-state index in [1.165, 1.54) is 0 Å². The van der Waals surface area contributed by atoms with Gasteiger partial charge in [-0.3, -0.25) is 4.98 Å². The maximum absolute atomic E-state index is 11.1. The molecule has 21 heavy (non-hydrogen) atoms. The first kappa shape index (κ1) is 13.2. The summed E-state index contributed by atoms with van der Waals surface area (Å²) in [4.78, 5) is 15.4. The second kappa shape index (κ2) is 5.32. The number of carbonyl (C=O) groups is 1. The molecule has 0 spiro atoms. The molecule has 1 atom stereocenters. The van der Waals surface area contributed by atoms with E-state index in [0.29, 0.717) is 6.54 Å². The van der Waals surface area contributed by atoms with Gasteiger partial charge < -0.3 is 5.11 Å². The molecule has 1 unspecified atom stereocenters. The van der Waals surface area contributed by atoms with E-state index in [2.05, 4.69) is 15.3 Å². The Hall–Kier alpha value is -2.76. The Kier molecular flexibility index (Phi) is 3.35. The van der Waals surface area contributed by atoms with Gasteiger partial charge in [-0.1, -0.05) is 17.4 Å². The van der Waals surface area contributed by atoms with Crippen LogP contribution in [0.3, 0.4) is 0 Å². The number of anilines is 1. The number of aromatic carboxylic acids is 1. The van der Waals surface area contributed by atoms with Crippen LogP contribution >= 0.6 is 0 Å². The average Bonchev–Trinajstić information content (AvgIpc) is 2.98. The second-order valence-corrected chi connectivity index (χ2v) is 4.86. The van der Waals surface area contributed by atoms with Crippen molar-refractivity contribution in [2.24, 2.45) is 10.3 Å². The molecule has 1 aliphatic rings. The van der Waals surface area contributed by atoms with Crippen LogP contribution in [0.1, 0.15) is 27.7 Å². The molecule has 6 heteroatoms. The lowest BCUT2D eigenvalue weighted by Crippen LogP contribution is -2.18. The highest BCUT2D eigenvalue weighted by Gasteiger charge is 2.24. The van der Waals surface area contributed by atoms with Crippen LogP contribution < -0.4 is 5.01 Å². The first-order valence-corrected chi connectivity index (χ1v) is 6.58. The molecule has 0 fully saturated rings. The molecule has 0 saturated carbocycles. The maximum atomic E-state index is 11.1. The molecule has 0 bridgehead atoms. The molecule has 1 aromatic heterocycles. The summed E-state index contributed by atoms with van der Waals surface area (Å²) in [5.41, 5.74) is 2.82. The third-order valence-electron chi connectivity index (χ3n) is 3.41. The molecular weight excluding hydrogens is 268 g/mol. The highest BCUT2D eigenvalue weighted by Crippen LogP contribution is 2.30. The van der Waals surface area contributed by atoms with Crippen molar-refractivity contribution in [3.8, 4) is 0 Å². The van der Waals surface area contributed by atoms with Crippen LogP contribution in [-0.2, 0) is 0 Å². The number of hydrogen-bond donors (Lipinski definition) is 1. The molecular formula is C15H14N4O2. The standard InChI is InChI=1S/C15H14N4O2/c1-10-5-6-11(15(20)21)8-14(10)19-9-13(17-18-19)12-4-2-3-7-16-12/h2-8,13H,9H2,1H3,(H,20,21). The minimum absolute atomic E-state index is 0.126. The lowest BCUT2D eigenvalue weighted by molar-refractivity contribution is 0.0697. The van der Waals surface area contributed by atoms with E-state index in [1.54, 1.807) is 29.4 Å². The highest BCUT2D eigenvalue weighted by atomic mass is 16.4. The third kappa shape index (κ3) is 2.60. The maximum Gasteiger partial charge on any atom is 0.335 e. The number of carboxylic acids is 1. The van der Waals surface area contributed by atoms with Crippen molar-refractivity contribution in [1.82, 2.24) is 4.98 Å². The lowest BCUT2D eigenvalue weighted by Gasteiger charge is -2.16.